The number of aromatic nitrogens is 1. The van der Waals surface area contributed by atoms with Crippen LogP contribution in [0.1, 0.15) is 12.1 Å². The zero-order valence-corrected chi connectivity index (χ0v) is 12.0. The summed E-state index contributed by atoms with van der Waals surface area (Å²) >= 11 is 3.55. The van der Waals surface area contributed by atoms with Gasteiger partial charge in [0.05, 0.1) is 0 Å². The fourth-order valence-electron chi connectivity index (χ4n) is 2.74. The molecule has 1 aliphatic heterocycles. The topological polar surface area (TPSA) is 34.2 Å². The summed E-state index contributed by atoms with van der Waals surface area (Å²) in [7, 11) is 0. The lowest BCUT2D eigenvalue weighted by atomic mass is 10.2. The number of nitrogens with two attached hydrogens (primary N) is 1. The predicted octanol–water partition coefficient (Wildman–Crippen LogP) is 2.57. The quantitative estimate of drug-likeness (QED) is 0.945. The van der Waals surface area contributed by atoms with Gasteiger partial charge in [-0.15, -0.1) is 0 Å². The molecule has 0 fully saturated rings. The van der Waals surface area contributed by atoms with Gasteiger partial charge in [0, 0.05) is 35.3 Å². The smallest absolute Gasteiger partial charge is 0.0494 e. The third kappa shape index (κ3) is 2.20. The molecular formula is C14H18BrN3. The van der Waals surface area contributed by atoms with Gasteiger partial charge in [-0.05, 0) is 43.1 Å². The Balaban J connectivity index is 1.90. The van der Waals surface area contributed by atoms with E-state index in [-0.39, 0.29) is 0 Å². The van der Waals surface area contributed by atoms with E-state index < -0.39 is 0 Å². The molecule has 0 spiro atoms. The first-order chi connectivity index (χ1) is 8.78. The van der Waals surface area contributed by atoms with Gasteiger partial charge in [0.25, 0.3) is 0 Å². The molecule has 1 aromatic carbocycles. The summed E-state index contributed by atoms with van der Waals surface area (Å²) in [6, 6.07) is 8.83. The molecular weight excluding hydrogens is 290 g/mol. The van der Waals surface area contributed by atoms with Gasteiger partial charge in [0.1, 0.15) is 0 Å². The molecule has 1 aromatic heterocycles. The van der Waals surface area contributed by atoms with Crippen molar-refractivity contribution in [1.82, 2.24) is 9.47 Å². The third-order valence-electron chi connectivity index (χ3n) is 3.66. The minimum absolute atomic E-state index is 0.784. The van der Waals surface area contributed by atoms with Crippen molar-refractivity contribution < 1.29 is 0 Å². The normalized spacial score (nSPS) is 16.1. The Morgan fingerprint density at radius 1 is 1.22 bits per heavy atom. The predicted molar refractivity (Wildman–Crippen MR) is 78.6 cm³/mol. The average Bonchev–Trinajstić information content (AvgIpc) is 2.73. The second-order valence-corrected chi connectivity index (χ2v) is 5.82. The maximum absolute atomic E-state index is 5.58. The molecule has 0 saturated heterocycles. The second-order valence-electron chi connectivity index (χ2n) is 4.91. The van der Waals surface area contributed by atoms with Crippen LogP contribution in [0.4, 0.5) is 0 Å². The summed E-state index contributed by atoms with van der Waals surface area (Å²) in [5.41, 5.74) is 8.35. The molecule has 4 heteroatoms. The molecule has 1 aliphatic rings. The molecule has 0 radical (unpaired) electrons. The van der Waals surface area contributed by atoms with Crippen molar-refractivity contribution >= 4 is 26.8 Å². The zero-order valence-electron chi connectivity index (χ0n) is 10.4. The first-order valence-corrected chi connectivity index (χ1v) is 7.27. The van der Waals surface area contributed by atoms with E-state index in [2.05, 4.69) is 49.7 Å². The largest absolute Gasteiger partial charge is 0.342 e. The molecule has 0 atom stereocenters. The molecule has 0 amide bonds. The third-order valence-corrected chi connectivity index (χ3v) is 4.15. The first-order valence-electron chi connectivity index (χ1n) is 6.48. The zero-order chi connectivity index (χ0) is 12.5. The number of halogens is 1. The van der Waals surface area contributed by atoms with Crippen molar-refractivity contribution in [3.05, 3.63) is 34.4 Å². The Kier molecular flexibility index (Phi) is 3.41. The van der Waals surface area contributed by atoms with Gasteiger partial charge < -0.3 is 10.3 Å². The molecule has 96 valence electrons. The summed E-state index contributed by atoms with van der Waals surface area (Å²) < 4.78 is 3.60. The molecule has 0 aliphatic carbocycles. The molecule has 2 heterocycles. The van der Waals surface area contributed by atoms with Crippen LogP contribution in [0.3, 0.4) is 0 Å². The van der Waals surface area contributed by atoms with Crippen LogP contribution in [-0.4, -0.2) is 29.1 Å². The van der Waals surface area contributed by atoms with Crippen molar-refractivity contribution in [3.63, 3.8) is 0 Å². The summed E-state index contributed by atoms with van der Waals surface area (Å²) in [4.78, 5) is 2.50. The molecule has 0 saturated carbocycles. The van der Waals surface area contributed by atoms with Crippen molar-refractivity contribution in [2.75, 3.05) is 19.6 Å². The Bertz CT molecular complexity index is 561. The Hall–Kier alpha value is -0.840. The Morgan fingerprint density at radius 3 is 2.94 bits per heavy atom. The van der Waals surface area contributed by atoms with Crippen LogP contribution in [0.2, 0.25) is 0 Å². The standard InChI is InChI=1S/C14H18BrN3/c15-12-3-2-11-8-13-10-17(5-1-4-16)6-7-18(13)14(11)9-12/h2-3,8-9H,1,4-7,10,16H2. The second kappa shape index (κ2) is 5.03. The summed E-state index contributed by atoms with van der Waals surface area (Å²) in [5, 5.41) is 1.34. The van der Waals surface area contributed by atoms with Crippen LogP contribution in [-0.2, 0) is 13.1 Å². The minimum atomic E-state index is 0.784. The van der Waals surface area contributed by atoms with Crippen LogP contribution in [0.5, 0.6) is 0 Å². The number of hydrogen-bond donors (Lipinski definition) is 1. The Morgan fingerprint density at radius 2 is 2.11 bits per heavy atom. The van der Waals surface area contributed by atoms with Crippen LogP contribution in [0.15, 0.2) is 28.7 Å². The van der Waals surface area contributed by atoms with E-state index >= 15 is 0 Å². The van der Waals surface area contributed by atoms with Crippen molar-refractivity contribution in [1.29, 1.82) is 0 Å². The SMILES string of the molecule is NCCCN1CCn2c(cc3ccc(Br)cc32)C1. The lowest BCUT2D eigenvalue weighted by Gasteiger charge is -2.28. The van der Waals surface area contributed by atoms with Gasteiger partial charge >= 0.3 is 0 Å². The van der Waals surface area contributed by atoms with Crippen molar-refractivity contribution in [3.8, 4) is 0 Å². The highest BCUT2D eigenvalue weighted by atomic mass is 79.9. The summed E-state index contributed by atoms with van der Waals surface area (Å²) in [6.45, 7) is 5.16. The van der Waals surface area contributed by atoms with Crippen molar-refractivity contribution in [2.24, 2.45) is 5.73 Å². The van der Waals surface area contributed by atoms with E-state index in [1.807, 2.05) is 0 Å². The van der Waals surface area contributed by atoms with Gasteiger partial charge in [0.15, 0.2) is 0 Å². The summed E-state index contributed by atoms with van der Waals surface area (Å²) in [5.74, 6) is 0. The lowest BCUT2D eigenvalue weighted by Crippen LogP contribution is -2.34. The van der Waals surface area contributed by atoms with E-state index in [4.69, 9.17) is 5.73 Å². The van der Waals surface area contributed by atoms with Gasteiger partial charge in [-0.25, -0.2) is 0 Å². The highest BCUT2D eigenvalue weighted by Gasteiger charge is 2.17. The minimum Gasteiger partial charge on any atom is -0.342 e. The summed E-state index contributed by atoms with van der Waals surface area (Å²) in [6.07, 6.45) is 1.09. The monoisotopic (exact) mass is 307 g/mol. The first kappa shape index (κ1) is 12.2. The average molecular weight is 308 g/mol. The number of rotatable bonds is 3. The van der Waals surface area contributed by atoms with Gasteiger partial charge in [-0.3, -0.25) is 4.90 Å². The van der Waals surface area contributed by atoms with E-state index in [9.17, 15) is 0 Å². The van der Waals surface area contributed by atoms with Crippen LogP contribution in [0, 0.1) is 0 Å². The molecule has 3 nitrogen and oxygen atoms in total. The number of hydrogen-bond acceptors (Lipinski definition) is 2. The molecule has 3 rings (SSSR count). The molecule has 2 N–H and O–H groups in total. The highest BCUT2D eigenvalue weighted by molar-refractivity contribution is 9.10. The molecule has 0 bridgehead atoms. The number of fused-ring (bicyclic) bond motifs is 3. The van der Waals surface area contributed by atoms with Gasteiger partial charge in [-0.1, -0.05) is 22.0 Å². The van der Waals surface area contributed by atoms with Crippen LogP contribution in [0.25, 0.3) is 10.9 Å². The fraction of sp³-hybridized carbons (Fsp3) is 0.429. The van der Waals surface area contributed by atoms with Gasteiger partial charge in [0.2, 0.25) is 0 Å². The van der Waals surface area contributed by atoms with Crippen molar-refractivity contribution in [2.45, 2.75) is 19.5 Å². The Labute approximate surface area is 116 Å². The number of benzene rings is 1. The maximum atomic E-state index is 5.58. The fourth-order valence-corrected chi connectivity index (χ4v) is 3.08. The molecule has 18 heavy (non-hydrogen) atoms. The van der Waals surface area contributed by atoms with E-state index in [1.54, 1.807) is 0 Å². The van der Waals surface area contributed by atoms with E-state index in [0.29, 0.717) is 0 Å². The number of nitrogens with zero attached hydrogens (tertiary/aromatic N) is 2. The van der Waals surface area contributed by atoms with Gasteiger partial charge in [-0.2, -0.15) is 0 Å². The van der Waals surface area contributed by atoms with E-state index in [1.165, 1.54) is 16.6 Å². The highest BCUT2D eigenvalue weighted by Crippen LogP contribution is 2.26. The maximum Gasteiger partial charge on any atom is 0.0494 e. The molecule has 2 aromatic rings. The van der Waals surface area contributed by atoms with E-state index in [0.717, 1.165) is 43.6 Å². The lowest BCUT2D eigenvalue weighted by molar-refractivity contribution is 0.222. The molecule has 0 unspecified atom stereocenters. The van der Waals surface area contributed by atoms with Crippen LogP contribution >= 0.6 is 15.9 Å². The van der Waals surface area contributed by atoms with Crippen LogP contribution < -0.4 is 5.73 Å².